The Labute approximate surface area is 139 Å². The summed E-state index contributed by atoms with van der Waals surface area (Å²) in [4.78, 5) is 0. The van der Waals surface area contributed by atoms with Crippen molar-refractivity contribution >= 4 is 18.4 Å². The molecular formula is C17H16N4OS. The fraction of sp³-hybridized carbons (Fsp3) is 0.118. The van der Waals surface area contributed by atoms with Crippen molar-refractivity contribution in [3.8, 4) is 5.75 Å². The topological polar surface area (TPSA) is 55.2 Å². The van der Waals surface area contributed by atoms with Crippen LogP contribution in [0.25, 0.3) is 0 Å². The van der Waals surface area contributed by atoms with Crippen LogP contribution in [0.15, 0.2) is 59.7 Å². The average Bonchev–Trinajstić information content (AvgIpc) is 2.91. The van der Waals surface area contributed by atoms with E-state index >= 15 is 0 Å². The molecular weight excluding hydrogens is 308 g/mol. The second-order valence-electron chi connectivity index (χ2n) is 4.93. The highest BCUT2D eigenvalue weighted by atomic mass is 32.1. The maximum atomic E-state index is 5.81. The van der Waals surface area contributed by atoms with Crippen molar-refractivity contribution in [2.45, 2.75) is 13.5 Å². The number of hydrogen-bond donors (Lipinski definition) is 1. The minimum absolute atomic E-state index is 0.469. The molecule has 0 fully saturated rings. The maximum Gasteiger partial charge on any atom is 0.216 e. The Morgan fingerprint density at radius 2 is 1.91 bits per heavy atom. The molecule has 1 aromatic heterocycles. The zero-order chi connectivity index (χ0) is 16.1. The molecule has 116 valence electrons. The van der Waals surface area contributed by atoms with Crippen LogP contribution in [-0.2, 0) is 6.61 Å². The molecule has 0 unspecified atom stereocenters. The summed E-state index contributed by atoms with van der Waals surface area (Å²) in [6, 6.07) is 17.7. The van der Waals surface area contributed by atoms with Crippen LogP contribution < -0.4 is 4.74 Å². The Hall–Kier alpha value is -2.73. The lowest BCUT2D eigenvalue weighted by Crippen LogP contribution is -2.01. The smallest absolute Gasteiger partial charge is 0.216 e. The molecule has 0 aliphatic heterocycles. The third kappa shape index (κ3) is 3.73. The Bertz CT molecular complexity index is 868. The van der Waals surface area contributed by atoms with Gasteiger partial charge in [-0.3, -0.25) is 5.10 Å². The molecule has 0 bridgehead atoms. The number of ether oxygens (including phenoxy) is 1. The van der Waals surface area contributed by atoms with Gasteiger partial charge < -0.3 is 4.74 Å². The molecule has 0 saturated carbocycles. The lowest BCUT2D eigenvalue weighted by molar-refractivity contribution is 0.306. The number of benzene rings is 2. The van der Waals surface area contributed by atoms with E-state index in [9.17, 15) is 0 Å². The van der Waals surface area contributed by atoms with Crippen LogP contribution in [-0.4, -0.2) is 21.1 Å². The molecule has 0 saturated heterocycles. The number of aromatic nitrogens is 3. The molecule has 5 nitrogen and oxygen atoms in total. The molecule has 0 aliphatic rings. The Kier molecular flexibility index (Phi) is 4.63. The van der Waals surface area contributed by atoms with Crippen LogP contribution in [0.4, 0.5) is 0 Å². The normalized spacial score (nSPS) is 11.0. The summed E-state index contributed by atoms with van der Waals surface area (Å²) in [6.07, 6.45) is 1.77. The fourth-order valence-corrected chi connectivity index (χ4v) is 2.32. The third-order valence-electron chi connectivity index (χ3n) is 3.32. The maximum absolute atomic E-state index is 5.81. The molecule has 0 aliphatic carbocycles. The van der Waals surface area contributed by atoms with Gasteiger partial charge in [-0.05, 0) is 36.8 Å². The number of rotatable bonds is 5. The van der Waals surface area contributed by atoms with E-state index in [0.29, 0.717) is 17.2 Å². The minimum Gasteiger partial charge on any atom is -0.489 e. The molecule has 1 heterocycles. The predicted molar refractivity (Wildman–Crippen MR) is 92.4 cm³/mol. The molecule has 3 aromatic rings. The largest absolute Gasteiger partial charge is 0.489 e. The van der Waals surface area contributed by atoms with Crippen molar-refractivity contribution in [3.05, 3.63) is 76.3 Å². The van der Waals surface area contributed by atoms with Crippen molar-refractivity contribution < 1.29 is 4.74 Å². The Balaban J connectivity index is 1.79. The number of hydrogen-bond acceptors (Lipinski definition) is 4. The third-order valence-corrected chi connectivity index (χ3v) is 3.58. The molecule has 0 radical (unpaired) electrons. The molecule has 23 heavy (non-hydrogen) atoms. The van der Waals surface area contributed by atoms with E-state index in [0.717, 1.165) is 16.9 Å². The summed E-state index contributed by atoms with van der Waals surface area (Å²) in [6.45, 7) is 2.32. The first-order valence-corrected chi connectivity index (χ1v) is 7.59. The number of aryl methyl sites for hydroxylation is 1. The van der Waals surface area contributed by atoms with Crippen molar-refractivity contribution in [1.82, 2.24) is 14.9 Å². The van der Waals surface area contributed by atoms with Crippen LogP contribution in [0, 0.1) is 11.7 Å². The van der Waals surface area contributed by atoms with Crippen LogP contribution in [0.1, 0.15) is 17.0 Å². The van der Waals surface area contributed by atoms with Gasteiger partial charge in [0.1, 0.15) is 18.2 Å². The number of nitrogens with zero attached hydrogens (tertiary/aromatic N) is 3. The number of H-pyrrole nitrogens is 1. The second-order valence-corrected chi connectivity index (χ2v) is 5.32. The van der Waals surface area contributed by atoms with Crippen molar-refractivity contribution in [1.29, 1.82) is 0 Å². The van der Waals surface area contributed by atoms with E-state index in [4.69, 9.17) is 17.0 Å². The van der Waals surface area contributed by atoms with Gasteiger partial charge in [0, 0.05) is 5.56 Å². The van der Waals surface area contributed by atoms with Gasteiger partial charge in [0.15, 0.2) is 0 Å². The quantitative estimate of drug-likeness (QED) is 0.575. The molecule has 3 rings (SSSR count). The number of aromatic amines is 1. The SMILES string of the molecule is Cc1n[nH]c(=S)n1/N=C\c1ccccc1COc1ccccc1. The van der Waals surface area contributed by atoms with Gasteiger partial charge in [0.2, 0.25) is 4.77 Å². The summed E-state index contributed by atoms with van der Waals surface area (Å²) >= 11 is 5.14. The van der Waals surface area contributed by atoms with Gasteiger partial charge in [0.05, 0.1) is 6.21 Å². The van der Waals surface area contributed by atoms with E-state index in [1.807, 2.05) is 61.5 Å². The minimum atomic E-state index is 0.469. The van der Waals surface area contributed by atoms with Gasteiger partial charge in [0.25, 0.3) is 0 Å². The highest BCUT2D eigenvalue weighted by Crippen LogP contribution is 2.13. The Morgan fingerprint density at radius 1 is 1.17 bits per heavy atom. The summed E-state index contributed by atoms with van der Waals surface area (Å²) in [5.74, 6) is 1.55. The summed E-state index contributed by atoms with van der Waals surface area (Å²) < 4.78 is 7.87. The molecule has 0 spiro atoms. The van der Waals surface area contributed by atoms with Gasteiger partial charge in [-0.15, -0.1) is 0 Å². The van der Waals surface area contributed by atoms with E-state index in [-0.39, 0.29) is 0 Å². The van der Waals surface area contributed by atoms with Crippen molar-refractivity contribution in [3.63, 3.8) is 0 Å². The van der Waals surface area contributed by atoms with Gasteiger partial charge >= 0.3 is 0 Å². The van der Waals surface area contributed by atoms with Gasteiger partial charge in [-0.25, -0.2) is 0 Å². The van der Waals surface area contributed by atoms with E-state index in [1.165, 1.54) is 0 Å². The molecule has 0 atom stereocenters. The zero-order valence-corrected chi connectivity index (χ0v) is 13.5. The van der Waals surface area contributed by atoms with Crippen LogP contribution in [0.2, 0.25) is 0 Å². The van der Waals surface area contributed by atoms with Gasteiger partial charge in [-0.1, -0.05) is 42.5 Å². The lowest BCUT2D eigenvalue weighted by atomic mass is 10.1. The molecule has 1 N–H and O–H groups in total. The zero-order valence-electron chi connectivity index (χ0n) is 12.6. The van der Waals surface area contributed by atoms with Crippen LogP contribution in [0.3, 0.4) is 0 Å². The highest BCUT2D eigenvalue weighted by molar-refractivity contribution is 7.71. The molecule has 0 amide bonds. The summed E-state index contributed by atoms with van der Waals surface area (Å²) in [5, 5.41) is 11.1. The average molecular weight is 324 g/mol. The summed E-state index contributed by atoms with van der Waals surface area (Å²) in [5.41, 5.74) is 2.03. The summed E-state index contributed by atoms with van der Waals surface area (Å²) in [7, 11) is 0. The lowest BCUT2D eigenvalue weighted by Gasteiger charge is -2.08. The first kappa shape index (κ1) is 15.2. The second kappa shape index (κ2) is 7.02. The first-order valence-electron chi connectivity index (χ1n) is 7.18. The molecule has 2 aromatic carbocycles. The van der Waals surface area contributed by atoms with Crippen LogP contribution in [0.5, 0.6) is 5.75 Å². The van der Waals surface area contributed by atoms with E-state index in [1.54, 1.807) is 10.9 Å². The van der Waals surface area contributed by atoms with Crippen LogP contribution >= 0.6 is 12.2 Å². The fourth-order valence-electron chi connectivity index (χ4n) is 2.10. The first-order chi connectivity index (χ1) is 11.2. The standard InChI is InChI=1S/C17H16N4OS/c1-13-19-20-17(23)21(13)18-11-14-7-5-6-8-15(14)12-22-16-9-3-2-4-10-16/h2-11H,12H2,1H3,(H,20,23)/b18-11-. The highest BCUT2D eigenvalue weighted by Gasteiger charge is 2.02. The van der Waals surface area contributed by atoms with Gasteiger partial charge in [-0.2, -0.15) is 14.9 Å². The monoisotopic (exact) mass is 324 g/mol. The van der Waals surface area contributed by atoms with Crippen molar-refractivity contribution in [2.75, 3.05) is 0 Å². The predicted octanol–water partition coefficient (Wildman–Crippen LogP) is 3.71. The Morgan fingerprint density at radius 3 is 2.65 bits per heavy atom. The number of nitrogens with one attached hydrogen (secondary N) is 1. The van der Waals surface area contributed by atoms with E-state index in [2.05, 4.69) is 15.3 Å². The molecule has 6 heteroatoms. The van der Waals surface area contributed by atoms with Crippen molar-refractivity contribution in [2.24, 2.45) is 5.10 Å². The van der Waals surface area contributed by atoms with E-state index < -0.39 is 0 Å². The number of para-hydroxylation sites is 1.